The smallest absolute Gasteiger partial charge is 0.223 e. The van der Waals surface area contributed by atoms with Gasteiger partial charge in [-0.15, -0.1) is 0 Å². The number of hydrogen-bond donors (Lipinski definition) is 1. The minimum absolute atomic E-state index is 0.0550. The quantitative estimate of drug-likeness (QED) is 0.745. The molecular weight excluding hydrogens is 212 g/mol. The number of piperidine rings is 1. The van der Waals surface area contributed by atoms with E-state index in [9.17, 15) is 4.79 Å². The van der Waals surface area contributed by atoms with E-state index < -0.39 is 0 Å². The fourth-order valence-electron chi connectivity index (χ4n) is 2.81. The zero-order valence-corrected chi connectivity index (χ0v) is 11.0. The highest BCUT2D eigenvalue weighted by atomic mass is 16.2. The molecule has 2 rings (SSSR count). The van der Waals surface area contributed by atoms with Crippen LogP contribution in [0.15, 0.2) is 12.2 Å². The number of nitrogens with two attached hydrogens (primary N) is 1. The third-order valence-corrected chi connectivity index (χ3v) is 4.21. The normalized spacial score (nSPS) is 31.8. The Morgan fingerprint density at radius 2 is 2.24 bits per heavy atom. The average molecular weight is 236 g/mol. The maximum Gasteiger partial charge on any atom is 0.223 e. The Kier molecular flexibility index (Phi) is 3.57. The lowest BCUT2D eigenvalue weighted by Crippen LogP contribution is -2.54. The highest BCUT2D eigenvalue weighted by molar-refractivity contribution is 5.77. The summed E-state index contributed by atoms with van der Waals surface area (Å²) < 4.78 is 0. The van der Waals surface area contributed by atoms with Gasteiger partial charge in [0, 0.05) is 25.6 Å². The molecule has 0 radical (unpaired) electrons. The van der Waals surface area contributed by atoms with Crippen LogP contribution in [0.25, 0.3) is 0 Å². The number of rotatable bonds is 2. The highest BCUT2D eigenvalue weighted by Gasteiger charge is 2.35. The summed E-state index contributed by atoms with van der Waals surface area (Å²) in [5.41, 5.74) is 6.14. The molecule has 0 bridgehead atoms. The molecule has 17 heavy (non-hydrogen) atoms. The molecule has 3 nitrogen and oxygen atoms in total. The number of amides is 1. The largest absolute Gasteiger partial charge is 0.342 e. The Morgan fingerprint density at radius 3 is 2.82 bits per heavy atom. The fourth-order valence-corrected chi connectivity index (χ4v) is 2.81. The van der Waals surface area contributed by atoms with Crippen LogP contribution >= 0.6 is 0 Å². The standard InChI is InChI=1S/C14H24N2O/c1-14(2)10-16(8-7-12(14)15)13(17)9-11-5-3-4-6-11/h3,5,11-12H,4,6-10,15H2,1-2H3. The summed E-state index contributed by atoms with van der Waals surface area (Å²) in [5, 5.41) is 0. The Hall–Kier alpha value is -0.830. The average Bonchev–Trinajstić information content (AvgIpc) is 2.74. The summed E-state index contributed by atoms with van der Waals surface area (Å²) in [6, 6.07) is 0.220. The van der Waals surface area contributed by atoms with Crippen LogP contribution < -0.4 is 5.73 Å². The summed E-state index contributed by atoms with van der Waals surface area (Å²) in [6.45, 7) is 5.96. The predicted molar refractivity (Wildman–Crippen MR) is 69.4 cm³/mol. The Morgan fingerprint density at radius 1 is 1.47 bits per heavy atom. The molecule has 1 aliphatic heterocycles. The first kappa shape index (κ1) is 12.6. The molecule has 2 aliphatic rings. The zero-order valence-electron chi connectivity index (χ0n) is 11.0. The molecule has 1 aliphatic carbocycles. The van der Waals surface area contributed by atoms with Crippen molar-refractivity contribution in [3.8, 4) is 0 Å². The van der Waals surface area contributed by atoms with Crippen molar-refractivity contribution in [2.45, 2.75) is 45.6 Å². The second-order valence-electron chi connectivity index (χ2n) is 6.17. The third-order valence-electron chi connectivity index (χ3n) is 4.21. The maximum atomic E-state index is 12.2. The maximum absolute atomic E-state index is 12.2. The van der Waals surface area contributed by atoms with Gasteiger partial charge in [-0.05, 0) is 30.6 Å². The summed E-state index contributed by atoms with van der Waals surface area (Å²) in [4.78, 5) is 14.2. The van der Waals surface area contributed by atoms with Crippen LogP contribution in [0.1, 0.15) is 39.5 Å². The molecule has 1 heterocycles. The lowest BCUT2D eigenvalue weighted by molar-refractivity contribution is -0.135. The van der Waals surface area contributed by atoms with Gasteiger partial charge in [-0.25, -0.2) is 0 Å². The Balaban J connectivity index is 1.89. The molecule has 2 unspecified atom stereocenters. The van der Waals surface area contributed by atoms with E-state index in [1.165, 1.54) is 0 Å². The molecule has 0 aromatic rings. The molecule has 1 fully saturated rings. The van der Waals surface area contributed by atoms with Gasteiger partial charge in [0.2, 0.25) is 5.91 Å². The van der Waals surface area contributed by atoms with E-state index in [-0.39, 0.29) is 11.5 Å². The molecule has 0 aromatic carbocycles. The van der Waals surface area contributed by atoms with Crippen LogP contribution in [-0.4, -0.2) is 29.9 Å². The van der Waals surface area contributed by atoms with E-state index in [4.69, 9.17) is 5.73 Å². The van der Waals surface area contributed by atoms with Crippen LogP contribution in [0, 0.1) is 11.3 Å². The molecule has 1 amide bonds. The van der Waals surface area contributed by atoms with E-state index in [1.54, 1.807) is 0 Å². The number of nitrogens with zero attached hydrogens (tertiary/aromatic N) is 1. The number of carbonyl (C=O) groups is 1. The van der Waals surface area contributed by atoms with Crippen molar-refractivity contribution in [3.63, 3.8) is 0 Å². The summed E-state index contributed by atoms with van der Waals surface area (Å²) >= 11 is 0. The molecular formula is C14H24N2O. The Bertz CT molecular complexity index is 322. The molecule has 1 saturated heterocycles. The van der Waals surface area contributed by atoms with Crippen LogP contribution in [0.5, 0.6) is 0 Å². The molecule has 0 aromatic heterocycles. The van der Waals surface area contributed by atoms with E-state index in [0.717, 1.165) is 32.4 Å². The van der Waals surface area contributed by atoms with Crippen molar-refractivity contribution in [1.29, 1.82) is 0 Å². The SMILES string of the molecule is CC1(C)CN(C(=O)CC2C=CCC2)CCC1N. The fraction of sp³-hybridized carbons (Fsp3) is 0.786. The lowest BCUT2D eigenvalue weighted by Gasteiger charge is -2.42. The van der Waals surface area contributed by atoms with Crippen LogP contribution in [0.4, 0.5) is 0 Å². The monoisotopic (exact) mass is 236 g/mol. The van der Waals surface area contributed by atoms with Gasteiger partial charge in [0.05, 0.1) is 0 Å². The van der Waals surface area contributed by atoms with Gasteiger partial charge in [-0.3, -0.25) is 4.79 Å². The van der Waals surface area contributed by atoms with Crippen LogP contribution in [0.3, 0.4) is 0 Å². The second kappa shape index (κ2) is 4.81. The van der Waals surface area contributed by atoms with E-state index in [0.29, 0.717) is 18.2 Å². The van der Waals surface area contributed by atoms with E-state index >= 15 is 0 Å². The number of allylic oxidation sites excluding steroid dienone is 2. The molecule has 2 N–H and O–H groups in total. The molecule has 96 valence electrons. The Labute approximate surface area is 104 Å². The van der Waals surface area contributed by atoms with Crippen molar-refractivity contribution in [1.82, 2.24) is 4.90 Å². The van der Waals surface area contributed by atoms with Crippen molar-refractivity contribution in [3.05, 3.63) is 12.2 Å². The number of likely N-dealkylation sites (tertiary alicyclic amines) is 1. The van der Waals surface area contributed by atoms with Gasteiger partial charge < -0.3 is 10.6 Å². The van der Waals surface area contributed by atoms with Crippen molar-refractivity contribution in [2.24, 2.45) is 17.1 Å². The van der Waals surface area contributed by atoms with Gasteiger partial charge in [0.1, 0.15) is 0 Å². The van der Waals surface area contributed by atoms with Gasteiger partial charge in [0.25, 0.3) is 0 Å². The van der Waals surface area contributed by atoms with E-state index in [2.05, 4.69) is 26.0 Å². The van der Waals surface area contributed by atoms with Gasteiger partial charge in [-0.2, -0.15) is 0 Å². The number of carbonyl (C=O) groups excluding carboxylic acids is 1. The summed E-state index contributed by atoms with van der Waals surface area (Å²) in [6.07, 6.45) is 8.27. The minimum Gasteiger partial charge on any atom is -0.342 e. The summed E-state index contributed by atoms with van der Waals surface area (Å²) in [5.74, 6) is 0.780. The topological polar surface area (TPSA) is 46.3 Å². The minimum atomic E-state index is 0.0550. The van der Waals surface area contributed by atoms with Crippen LogP contribution in [0.2, 0.25) is 0 Å². The van der Waals surface area contributed by atoms with Gasteiger partial charge in [-0.1, -0.05) is 26.0 Å². The third kappa shape index (κ3) is 2.89. The molecule has 0 saturated carbocycles. The van der Waals surface area contributed by atoms with Crippen LogP contribution in [-0.2, 0) is 4.79 Å². The van der Waals surface area contributed by atoms with Gasteiger partial charge >= 0.3 is 0 Å². The molecule has 3 heteroatoms. The first-order valence-electron chi connectivity index (χ1n) is 6.69. The summed E-state index contributed by atoms with van der Waals surface area (Å²) in [7, 11) is 0. The van der Waals surface area contributed by atoms with Crippen molar-refractivity contribution in [2.75, 3.05) is 13.1 Å². The van der Waals surface area contributed by atoms with E-state index in [1.807, 2.05) is 4.90 Å². The number of hydrogen-bond acceptors (Lipinski definition) is 2. The zero-order chi connectivity index (χ0) is 12.5. The first-order valence-corrected chi connectivity index (χ1v) is 6.69. The van der Waals surface area contributed by atoms with Crippen molar-refractivity contribution >= 4 is 5.91 Å². The first-order chi connectivity index (χ1) is 7.99. The second-order valence-corrected chi connectivity index (χ2v) is 6.17. The lowest BCUT2D eigenvalue weighted by atomic mass is 9.79. The highest BCUT2D eigenvalue weighted by Crippen LogP contribution is 2.29. The van der Waals surface area contributed by atoms with Crippen molar-refractivity contribution < 1.29 is 4.79 Å². The predicted octanol–water partition coefficient (Wildman–Crippen LogP) is 1.93. The molecule has 2 atom stereocenters. The molecule has 0 spiro atoms. The van der Waals surface area contributed by atoms with Gasteiger partial charge in [0.15, 0.2) is 0 Å².